The van der Waals surface area contributed by atoms with E-state index in [1.54, 1.807) is 30.3 Å². The summed E-state index contributed by atoms with van der Waals surface area (Å²) in [5, 5.41) is 2.89. The minimum absolute atomic E-state index is 0.178. The topological polar surface area (TPSA) is 66.5 Å². The van der Waals surface area contributed by atoms with E-state index in [1.165, 1.54) is 0 Å². The molecule has 0 saturated heterocycles. The summed E-state index contributed by atoms with van der Waals surface area (Å²) >= 11 is 3.40. The normalized spacial score (nSPS) is 15.5. The number of imide groups is 1. The minimum atomic E-state index is -0.870. The lowest BCUT2D eigenvalue weighted by Crippen LogP contribution is -2.50. The zero-order valence-corrected chi connectivity index (χ0v) is 17.0. The number of carbonyl (C=O) groups is 3. The standard InChI is InChI=1S/C21H21BrN2O3/c1-4-12(2)18(19(25)23-17-10-9-14(22)11-13(17)3)24-20(26)15-7-5-6-8-16(15)21(24)27/h5-12,18H,4H2,1-3H3,(H,23,25). The van der Waals surface area contributed by atoms with E-state index in [0.29, 0.717) is 23.2 Å². The third-order valence-electron chi connectivity index (χ3n) is 5.00. The van der Waals surface area contributed by atoms with Crippen LogP contribution in [0.25, 0.3) is 0 Å². The molecule has 1 aliphatic heterocycles. The van der Waals surface area contributed by atoms with E-state index in [1.807, 2.05) is 32.9 Å². The molecule has 2 unspecified atom stereocenters. The lowest BCUT2D eigenvalue weighted by Gasteiger charge is -2.30. The van der Waals surface area contributed by atoms with Crippen LogP contribution in [0.15, 0.2) is 46.9 Å². The predicted molar refractivity (Wildman–Crippen MR) is 108 cm³/mol. The van der Waals surface area contributed by atoms with Crippen molar-refractivity contribution < 1.29 is 14.4 Å². The molecule has 140 valence electrons. The number of fused-ring (bicyclic) bond motifs is 1. The van der Waals surface area contributed by atoms with E-state index in [-0.39, 0.29) is 11.8 Å². The zero-order chi connectivity index (χ0) is 19.7. The number of halogens is 1. The first-order valence-electron chi connectivity index (χ1n) is 8.89. The van der Waals surface area contributed by atoms with Crippen LogP contribution in [0.3, 0.4) is 0 Å². The van der Waals surface area contributed by atoms with E-state index in [4.69, 9.17) is 0 Å². The van der Waals surface area contributed by atoms with Crippen molar-refractivity contribution in [3.63, 3.8) is 0 Å². The molecule has 6 heteroatoms. The molecule has 0 fully saturated rings. The van der Waals surface area contributed by atoms with Crippen LogP contribution >= 0.6 is 15.9 Å². The van der Waals surface area contributed by atoms with Crippen molar-refractivity contribution in [2.45, 2.75) is 33.2 Å². The Bertz CT molecular complexity index is 890. The summed E-state index contributed by atoms with van der Waals surface area (Å²) in [7, 11) is 0. The Morgan fingerprint density at radius 3 is 2.22 bits per heavy atom. The smallest absolute Gasteiger partial charge is 0.262 e. The van der Waals surface area contributed by atoms with E-state index >= 15 is 0 Å². The molecule has 1 N–H and O–H groups in total. The SMILES string of the molecule is CCC(C)C(C(=O)Nc1ccc(Br)cc1C)N1C(=O)c2ccccc2C1=O. The van der Waals surface area contributed by atoms with Crippen molar-refractivity contribution in [2.24, 2.45) is 5.92 Å². The molecule has 1 aliphatic rings. The first-order chi connectivity index (χ1) is 12.8. The van der Waals surface area contributed by atoms with Gasteiger partial charge in [0.15, 0.2) is 0 Å². The quantitative estimate of drug-likeness (QED) is 0.717. The molecule has 1 heterocycles. The van der Waals surface area contributed by atoms with Gasteiger partial charge in [-0.2, -0.15) is 0 Å². The molecule has 0 bridgehead atoms. The molecule has 27 heavy (non-hydrogen) atoms. The number of carbonyl (C=O) groups excluding carboxylic acids is 3. The Morgan fingerprint density at radius 1 is 1.11 bits per heavy atom. The maximum Gasteiger partial charge on any atom is 0.262 e. The third kappa shape index (κ3) is 3.54. The van der Waals surface area contributed by atoms with Gasteiger partial charge in [0.25, 0.3) is 11.8 Å². The molecule has 0 aliphatic carbocycles. The lowest BCUT2D eigenvalue weighted by atomic mass is 9.96. The van der Waals surface area contributed by atoms with Crippen LogP contribution in [0.2, 0.25) is 0 Å². The molecular weight excluding hydrogens is 408 g/mol. The van der Waals surface area contributed by atoms with Crippen LogP contribution < -0.4 is 5.32 Å². The first-order valence-corrected chi connectivity index (χ1v) is 9.68. The number of hydrogen-bond donors (Lipinski definition) is 1. The molecular formula is C21H21BrN2O3. The predicted octanol–water partition coefficient (Wildman–Crippen LogP) is 4.41. The van der Waals surface area contributed by atoms with Gasteiger partial charge in [0.1, 0.15) is 6.04 Å². The second kappa shape index (κ2) is 7.64. The summed E-state index contributed by atoms with van der Waals surface area (Å²) in [5.74, 6) is -1.36. The van der Waals surface area contributed by atoms with Gasteiger partial charge in [-0.1, -0.05) is 48.3 Å². The largest absolute Gasteiger partial charge is 0.324 e. The summed E-state index contributed by atoms with van der Waals surface area (Å²) in [6.45, 7) is 5.71. The van der Waals surface area contributed by atoms with Crippen molar-refractivity contribution in [1.82, 2.24) is 4.90 Å². The second-order valence-corrected chi connectivity index (χ2v) is 7.72. The average Bonchev–Trinajstić information content (AvgIpc) is 2.89. The third-order valence-corrected chi connectivity index (χ3v) is 5.49. The Kier molecular flexibility index (Phi) is 5.46. The van der Waals surface area contributed by atoms with Gasteiger partial charge in [-0.25, -0.2) is 0 Å². The van der Waals surface area contributed by atoms with E-state index in [0.717, 1.165) is 14.9 Å². The molecule has 0 aromatic heterocycles. The van der Waals surface area contributed by atoms with E-state index in [2.05, 4.69) is 21.2 Å². The van der Waals surface area contributed by atoms with Gasteiger partial charge in [0.05, 0.1) is 11.1 Å². The molecule has 5 nitrogen and oxygen atoms in total. The fourth-order valence-electron chi connectivity index (χ4n) is 3.29. The number of aryl methyl sites for hydroxylation is 1. The van der Waals surface area contributed by atoms with Gasteiger partial charge >= 0.3 is 0 Å². The number of benzene rings is 2. The van der Waals surface area contributed by atoms with Crippen molar-refractivity contribution in [3.8, 4) is 0 Å². The van der Waals surface area contributed by atoms with Crippen LogP contribution in [0.4, 0.5) is 5.69 Å². The highest BCUT2D eigenvalue weighted by molar-refractivity contribution is 9.10. The van der Waals surface area contributed by atoms with Crippen molar-refractivity contribution in [1.29, 1.82) is 0 Å². The number of hydrogen-bond acceptors (Lipinski definition) is 3. The Balaban J connectivity index is 1.94. The molecule has 2 aromatic rings. The van der Waals surface area contributed by atoms with Crippen molar-refractivity contribution in [2.75, 3.05) is 5.32 Å². The summed E-state index contributed by atoms with van der Waals surface area (Å²) in [4.78, 5) is 39.9. The van der Waals surface area contributed by atoms with Crippen LogP contribution in [0.5, 0.6) is 0 Å². The Morgan fingerprint density at radius 2 is 1.70 bits per heavy atom. The minimum Gasteiger partial charge on any atom is -0.324 e. The molecule has 3 amide bonds. The molecule has 0 spiro atoms. The van der Waals surface area contributed by atoms with Gasteiger partial charge in [-0.15, -0.1) is 0 Å². The molecule has 2 atom stereocenters. The summed E-state index contributed by atoms with van der Waals surface area (Å²) < 4.78 is 0.914. The van der Waals surface area contributed by atoms with E-state index < -0.39 is 17.9 Å². The monoisotopic (exact) mass is 428 g/mol. The Hall–Kier alpha value is -2.47. The molecule has 3 rings (SSSR count). The average molecular weight is 429 g/mol. The van der Waals surface area contributed by atoms with Gasteiger partial charge in [0, 0.05) is 10.2 Å². The maximum atomic E-state index is 13.1. The fourth-order valence-corrected chi connectivity index (χ4v) is 3.76. The highest BCUT2D eigenvalue weighted by Gasteiger charge is 2.44. The van der Waals surface area contributed by atoms with Gasteiger partial charge in [-0.3, -0.25) is 19.3 Å². The number of rotatable bonds is 5. The Labute approximate surface area is 166 Å². The van der Waals surface area contributed by atoms with Crippen molar-refractivity contribution in [3.05, 3.63) is 63.6 Å². The summed E-state index contributed by atoms with van der Waals surface area (Å²) in [6, 6.07) is 11.4. The van der Waals surface area contributed by atoms with Gasteiger partial charge in [0.2, 0.25) is 5.91 Å². The molecule has 0 saturated carbocycles. The first kappa shape index (κ1) is 19.3. The molecule has 2 aromatic carbocycles. The van der Waals surface area contributed by atoms with Crippen LogP contribution in [0.1, 0.15) is 46.5 Å². The van der Waals surface area contributed by atoms with Crippen LogP contribution in [-0.2, 0) is 4.79 Å². The van der Waals surface area contributed by atoms with Crippen LogP contribution in [-0.4, -0.2) is 28.7 Å². The van der Waals surface area contributed by atoms with E-state index in [9.17, 15) is 14.4 Å². The number of nitrogens with one attached hydrogen (secondary N) is 1. The summed E-state index contributed by atoms with van der Waals surface area (Å²) in [5.41, 5.74) is 2.25. The number of amides is 3. The lowest BCUT2D eigenvalue weighted by molar-refractivity contribution is -0.121. The maximum absolute atomic E-state index is 13.1. The second-order valence-electron chi connectivity index (χ2n) is 6.80. The van der Waals surface area contributed by atoms with Crippen LogP contribution in [0, 0.1) is 12.8 Å². The van der Waals surface area contributed by atoms with Crippen molar-refractivity contribution >= 4 is 39.3 Å². The number of nitrogens with zero attached hydrogens (tertiary/aromatic N) is 1. The summed E-state index contributed by atoms with van der Waals surface area (Å²) in [6.07, 6.45) is 0.658. The zero-order valence-electron chi connectivity index (χ0n) is 15.5. The fraction of sp³-hybridized carbons (Fsp3) is 0.286. The highest BCUT2D eigenvalue weighted by Crippen LogP contribution is 2.29. The van der Waals surface area contributed by atoms with Gasteiger partial charge in [-0.05, 0) is 48.7 Å². The molecule has 0 radical (unpaired) electrons. The highest BCUT2D eigenvalue weighted by atomic mass is 79.9. The van der Waals surface area contributed by atoms with Gasteiger partial charge < -0.3 is 5.32 Å². The number of anilines is 1.